The summed E-state index contributed by atoms with van der Waals surface area (Å²) in [5.41, 5.74) is 2.19. The molecule has 5 heteroatoms. The molecule has 0 amide bonds. The van der Waals surface area contributed by atoms with Crippen LogP contribution in [0, 0.1) is 0 Å². The SMILES string of the molecule is CC(C)(C)n1cc(CNc2cn[nH]c2)cn1. The molecule has 2 aromatic rings. The van der Waals surface area contributed by atoms with Gasteiger partial charge in [0.2, 0.25) is 0 Å². The van der Waals surface area contributed by atoms with Crippen molar-refractivity contribution < 1.29 is 0 Å². The molecule has 0 atom stereocenters. The Labute approximate surface area is 94.9 Å². The fourth-order valence-electron chi connectivity index (χ4n) is 1.37. The lowest BCUT2D eigenvalue weighted by atomic mass is 10.1. The first-order valence-electron chi connectivity index (χ1n) is 5.32. The number of nitrogens with zero attached hydrogens (tertiary/aromatic N) is 3. The number of aromatic nitrogens is 4. The number of aromatic amines is 1. The van der Waals surface area contributed by atoms with Gasteiger partial charge in [0, 0.05) is 24.5 Å². The summed E-state index contributed by atoms with van der Waals surface area (Å²) in [6.07, 6.45) is 7.54. The van der Waals surface area contributed by atoms with Crippen molar-refractivity contribution in [3.05, 3.63) is 30.4 Å². The Hall–Kier alpha value is -1.78. The Bertz CT molecular complexity index is 435. The van der Waals surface area contributed by atoms with Gasteiger partial charge in [0.25, 0.3) is 0 Å². The molecule has 0 saturated heterocycles. The molecule has 2 heterocycles. The minimum absolute atomic E-state index is 0.0356. The topological polar surface area (TPSA) is 58.5 Å². The van der Waals surface area contributed by atoms with Crippen molar-refractivity contribution in [3.8, 4) is 0 Å². The first kappa shape index (κ1) is 10.7. The molecule has 0 aliphatic carbocycles. The summed E-state index contributed by atoms with van der Waals surface area (Å²) in [5.74, 6) is 0. The zero-order valence-electron chi connectivity index (χ0n) is 9.86. The lowest BCUT2D eigenvalue weighted by Crippen LogP contribution is -2.21. The number of rotatable bonds is 3. The monoisotopic (exact) mass is 219 g/mol. The van der Waals surface area contributed by atoms with Crippen molar-refractivity contribution in [2.45, 2.75) is 32.9 Å². The average molecular weight is 219 g/mol. The van der Waals surface area contributed by atoms with E-state index in [0.717, 1.165) is 17.8 Å². The molecule has 0 unspecified atom stereocenters. The zero-order chi connectivity index (χ0) is 11.6. The van der Waals surface area contributed by atoms with Gasteiger partial charge in [-0.05, 0) is 20.8 Å². The molecule has 0 aliphatic rings. The molecular formula is C11H17N5. The third-order valence-corrected chi connectivity index (χ3v) is 2.32. The van der Waals surface area contributed by atoms with Crippen LogP contribution in [0.25, 0.3) is 0 Å². The van der Waals surface area contributed by atoms with Gasteiger partial charge in [-0.15, -0.1) is 0 Å². The van der Waals surface area contributed by atoms with E-state index in [0.29, 0.717) is 0 Å². The lowest BCUT2D eigenvalue weighted by molar-refractivity contribution is 0.355. The van der Waals surface area contributed by atoms with Crippen LogP contribution in [0.5, 0.6) is 0 Å². The van der Waals surface area contributed by atoms with E-state index in [9.17, 15) is 0 Å². The molecule has 16 heavy (non-hydrogen) atoms. The molecular weight excluding hydrogens is 202 g/mol. The predicted molar refractivity (Wildman–Crippen MR) is 63.1 cm³/mol. The molecule has 2 rings (SSSR count). The number of hydrogen-bond acceptors (Lipinski definition) is 3. The summed E-state index contributed by atoms with van der Waals surface area (Å²) in [6, 6.07) is 0. The van der Waals surface area contributed by atoms with E-state index in [-0.39, 0.29) is 5.54 Å². The van der Waals surface area contributed by atoms with Crippen LogP contribution >= 0.6 is 0 Å². The van der Waals surface area contributed by atoms with Crippen LogP contribution in [0.4, 0.5) is 5.69 Å². The summed E-state index contributed by atoms with van der Waals surface area (Å²) in [4.78, 5) is 0. The number of H-pyrrole nitrogens is 1. The van der Waals surface area contributed by atoms with Gasteiger partial charge in [0.1, 0.15) is 0 Å². The highest BCUT2D eigenvalue weighted by atomic mass is 15.3. The van der Waals surface area contributed by atoms with Gasteiger partial charge < -0.3 is 5.32 Å². The minimum atomic E-state index is 0.0356. The first-order valence-corrected chi connectivity index (χ1v) is 5.32. The average Bonchev–Trinajstić information content (AvgIpc) is 2.85. The summed E-state index contributed by atoms with van der Waals surface area (Å²) < 4.78 is 1.97. The molecule has 2 aromatic heterocycles. The molecule has 2 N–H and O–H groups in total. The molecule has 0 bridgehead atoms. The number of nitrogens with one attached hydrogen (secondary N) is 2. The van der Waals surface area contributed by atoms with Crippen molar-refractivity contribution in [1.82, 2.24) is 20.0 Å². The molecule has 86 valence electrons. The Morgan fingerprint density at radius 2 is 2.19 bits per heavy atom. The summed E-state index contributed by atoms with van der Waals surface area (Å²) in [5, 5.41) is 14.2. The normalized spacial score (nSPS) is 11.7. The molecule has 0 radical (unpaired) electrons. The van der Waals surface area contributed by atoms with Crippen LogP contribution in [-0.2, 0) is 12.1 Å². The lowest BCUT2D eigenvalue weighted by Gasteiger charge is -2.18. The molecule has 0 spiro atoms. The number of hydrogen-bond donors (Lipinski definition) is 2. The third kappa shape index (κ3) is 2.42. The van der Waals surface area contributed by atoms with E-state index in [2.05, 4.69) is 47.6 Å². The smallest absolute Gasteiger partial charge is 0.0726 e. The largest absolute Gasteiger partial charge is 0.378 e. The van der Waals surface area contributed by atoms with Crippen molar-refractivity contribution in [2.75, 3.05) is 5.32 Å². The Balaban J connectivity index is 1.98. The van der Waals surface area contributed by atoms with Gasteiger partial charge in [-0.1, -0.05) is 0 Å². The zero-order valence-corrected chi connectivity index (χ0v) is 9.86. The molecule has 5 nitrogen and oxygen atoms in total. The van der Waals surface area contributed by atoms with E-state index in [1.54, 1.807) is 6.20 Å². The van der Waals surface area contributed by atoms with Gasteiger partial charge in [0.05, 0.1) is 23.6 Å². The van der Waals surface area contributed by atoms with E-state index in [1.165, 1.54) is 0 Å². The fraction of sp³-hybridized carbons (Fsp3) is 0.455. The van der Waals surface area contributed by atoms with Crippen molar-refractivity contribution >= 4 is 5.69 Å². The Morgan fingerprint density at radius 3 is 2.75 bits per heavy atom. The maximum atomic E-state index is 4.34. The summed E-state index contributed by atoms with van der Waals surface area (Å²) >= 11 is 0. The summed E-state index contributed by atoms with van der Waals surface area (Å²) in [6.45, 7) is 7.16. The van der Waals surface area contributed by atoms with Gasteiger partial charge in [-0.25, -0.2) is 0 Å². The van der Waals surface area contributed by atoms with Crippen LogP contribution in [0.15, 0.2) is 24.8 Å². The predicted octanol–water partition coefficient (Wildman–Crippen LogP) is 1.97. The van der Waals surface area contributed by atoms with Crippen LogP contribution in [0.1, 0.15) is 26.3 Å². The van der Waals surface area contributed by atoms with Crippen LogP contribution < -0.4 is 5.32 Å². The van der Waals surface area contributed by atoms with Crippen molar-refractivity contribution in [1.29, 1.82) is 0 Å². The second kappa shape index (κ2) is 4.00. The van der Waals surface area contributed by atoms with Gasteiger partial charge >= 0.3 is 0 Å². The van der Waals surface area contributed by atoms with Gasteiger partial charge in [0.15, 0.2) is 0 Å². The second-order valence-electron chi connectivity index (χ2n) is 4.80. The Morgan fingerprint density at radius 1 is 1.38 bits per heavy atom. The second-order valence-corrected chi connectivity index (χ2v) is 4.80. The fourth-order valence-corrected chi connectivity index (χ4v) is 1.37. The first-order chi connectivity index (χ1) is 7.55. The highest BCUT2D eigenvalue weighted by Gasteiger charge is 2.13. The third-order valence-electron chi connectivity index (χ3n) is 2.32. The van der Waals surface area contributed by atoms with Crippen LogP contribution in [0.3, 0.4) is 0 Å². The maximum Gasteiger partial charge on any atom is 0.0726 e. The van der Waals surface area contributed by atoms with Gasteiger partial charge in [-0.3, -0.25) is 9.78 Å². The van der Waals surface area contributed by atoms with Crippen LogP contribution in [-0.4, -0.2) is 20.0 Å². The molecule has 0 saturated carbocycles. The number of anilines is 1. The minimum Gasteiger partial charge on any atom is -0.378 e. The van der Waals surface area contributed by atoms with Gasteiger partial charge in [-0.2, -0.15) is 10.2 Å². The Kier molecular flexibility index (Phi) is 2.68. The molecule has 0 fully saturated rings. The van der Waals surface area contributed by atoms with Crippen LogP contribution in [0.2, 0.25) is 0 Å². The van der Waals surface area contributed by atoms with Crippen molar-refractivity contribution in [3.63, 3.8) is 0 Å². The van der Waals surface area contributed by atoms with E-state index < -0.39 is 0 Å². The standard InChI is InChI=1S/C11H17N5/c1-11(2,3)16-8-9(5-15-16)4-12-10-6-13-14-7-10/h5-8,12H,4H2,1-3H3,(H,13,14). The molecule has 0 aromatic carbocycles. The molecule has 0 aliphatic heterocycles. The van der Waals surface area contributed by atoms with E-state index in [1.807, 2.05) is 17.1 Å². The highest BCUT2D eigenvalue weighted by Crippen LogP contribution is 2.13. The maximum absolute atomic E-state index is 4.34. The van der Waals surface area contributed by atoms with E-state index in [4.69, 9.17) is 0 Å². The summed E-state index contributed by atoms with van der Waals surface area (Å²) in [7, 11) is 0. The van der Waals surface area contributed by atoms with E-state index >= 15 is 0 Å². The van der Waals surface area contributed by atoms with Crippen molar-refractivity contribution in [2.24, 2.45) is 0 Å². The highest BCUT2D eigenvalue weighted by molar-refractivity contribution is 5.38. The quantitative estimate of drug-likeness (QED) is 0.829.